The van der Waals surface area contributed by atoms with Crippen molar-refractivity contribution < 1.29 is 13.6 Å². The van der Waals surface area contributed by atoms with Crippen molar-refractivity contribution in [2.45, 2.75) is 6.04 Å². The van der Waals surface area contributed by atoms with Crippen LogP contribution in [0.1, 0.15) is 28.0 Å². The van der Waals surface area contributed by atoms with E-state index in [-0.39, 0.29) is 17.5 Å². The van der Waals surface area contributed by atoms with E-state index in [1.54, 1.807) is 30.5 Å². The third-order valence-electron chi connectivity index (χ3n) is 4.48. The number of benzene rings is 2. The molecular weight excluding hydrogens is 357 g/mol. The number of nitrogens with one attached hydrogen (secondary N) is 1. The van der Waals surface area contributed by atoms with Crippen molar-refractivity contribution in [2.24, 2.45) is 7.05 Å². The minimum Gasteiger partial charge on any atom is -0.451 e. The molecule has 0 saturated heterocycles. The lowest BCUT2D eigenvalue weighted by Gasteiger charge is -2.18. The predicted molar refractivity (Wildman–Crippen MR) is 103 cm³/mol. The van der Waals surface area contributed by atoms with Crippen LogP contribution in [0, 0.1) is 5.82 Å². The first-order valence-electron chi connectivity index (χ1n) is 8.80. The summed E-state index contributed by atoms with van der Waals surface area (Å²) in [6, 6.07) is 18.4. The van der Waals surface area contributed by atoms with Crippen molar-refractivity contribution >= 4 is 5.91 Å². The molecule has 5 nitrogen and oxygen atoms in total. The summed E-state index contributed by atoms with van der Waals surface area (Å²) in [7, 11) is 1.88. The van der Waals surface area contributed by atoms with Gasteiger partial charge in [0.15, 0.2) is 5.76 Å². The van der Waals surface area contributed by atoms with Gasteiger partial charge in [-0.1, -0.05) is 30.3 Å². The third-order valence-corrected chi connectivity index (χ3v) is 4.48. The number of halogens is 1. The maximum atomic E-state index is 13.1. The van der Waals surface area contributed by atoms with Gasteiger partial charge in [0.1, 0.15) is 23.4 Å². The fourth-order valence-electron chi connectivity index (χ4n) is 3.03. The molecular formula is C22H18FN3O2. The van der Waals surface area contributed by atoms with Crippen LogP contribution in [0.3, 0.4) is 0 Å². The fourth-order valence-corrected chi connectivity index (χ4v) is 3.03. The highest BCUT2D eigenvalue weighted by Crippen LogP contribution is 2.24. The molecule has 2 aromatic carbocycles. The van der Waals surface area contributed by atoms with Gasteiger partial charge in [-0.25, -0.2) is 9.37 Å². The van der Waals surface area contributed by atoms with Crippen LogP contribution in [-0.2, 0) is 7.05 Å². The molecule has 1 N–H and O–H groups in total. The van der Waals surface area contributed by atoms with Crippen LogP contribution in [0.15, 0.2) is 83.5 Å². The summed E-state index contributed by atoms with van der Waals surface area (Å²) in [5.74, 6) is 0.706. The lowest BCUT2D eigenvalue weighted by molar-refractivity contribution is 0.0914. The van der Waals surface area contributed by atoms with Crippen molar-refractivity contribution in [1.82, 2.24) is 14.9 Å². The predicted octanol–water partition coefficient (Wildman–Crippen LogP) is 4.34. The molecule has 0 bridgehead atoms. The summed E-state index contributed by atoms with van der Waals surface area (Å²) in [4.78, 5) is 17.2. The molecule has 140 valence electrons. The van der Waals surface area contributed by atoms with Gasteiger partial charge < -0.3 is 14.3 Å². The van der Waals surface area contributed by atoms with E-state index >= 15 is 0 Å². The minimum atomic E-state index is -0.423. The summed E-state index contributed by atoms with van der Waals surface area (Å²) in [5, 5.41) is 2.99. The standard InChI is InChI=1S/C22H18FN3O2/c1-26-14-13-24-21(26)20(16-5-3-2-4-6-16)25-22(27)19-12-11-18(28-19)15-7-9-17(23)10-8-15/h2-14,20H,1H3,(H,25,27). The van der Waals surface area contributed by atoms with Gasteiger partial charge in [0.2, 0.25) is 0 Å². The van der Waals surface area contributed by atoms with Crippen LogP contribution in [0.2, 0.25) is 0 Å². The average molecular weight is 375 g/mol. The number of imidazole rings is 1. The van der Waals surface area contributed by atoms with E-state index in [0.717, 1.165) is 5.56 Å². The van der Waals surface area contributed by atoms with Crippen LogP contribution in [0.25, 0.3) is 11.3 Å². The zero-order valence-electron chi connectivity index (χ0n) is 15.2. The summed E-state index contributed by atoms with van der Waals surface area (Å²) >= 11 is 0. The van der Waals surface area contributed by atoms with Crippen LogP contribution in [0.4, 0.5) is 4.39 Å². The molecule has 0 aliphatic heterocycles. The van der Waals surface area contributed by atoms with Crippen molar-refractivity contribution in [3.63, 3.8) is 0 Å². The van der Waals surface area contributed by atoms with E-state index in [2.05, 4.69) is 10.3 Å². The minimum absolute atomic E-state index is 0.175. The van der Waals surface area contributed by atoms with Gasteiger partial charge in [-0.3, -0.25) is 4.79 Å². The van der Waals surface area contributed by atoms with Crippen LogP contribution >= 0.6 is 0 Å². The first-order valence-corrected chi connectivity index (χ1v) is 8.80. The molecule has 0 aliphatic rings. The summed E-state index contributed by atoms with van der Waals surface area (Å²) in [5.41, 5.74) is 1.61. The highest BCUT2D eigenvalue weighted by molar-refractivity contribution is 5.92. The van der Waals surface area contributed by atoms with Gasteiger partial charge in [-0.15, -0.1) is 0 Å². The Morgan fingerprint density at radius 3 is 2.50 bits per heavy atom. The van der Waals surface area contributed by atoms with Gasteiger partial charge in [0, 0.05) is 25.0 Å². The molecule has 1 atom stereocenters. The van der Waals surface area contributed by atoms with Gasteiger partial charge in [-0.05, 0) is 42.0 Å². The molecule has 4 aromatic rings. The third kappa shape index (κ3) is 3.57. The van der Waals surface area contributed by atoms with E-state index in [4.69, 9.17) is 4.42 Å². The summed E-state index contributed by atoms with van der Waals surface area (Å²) in [6.07, 6.45) is 3.52. The van der Waals surface area contributed by atoms with Crippen molar-refractivity contribution in [1.29, 1.82) is 0 Å². The Morgan fingerprint density at radius 1 is 1.07 bits per heavy atom. The number of rotatable bonds is 5. The second kappa shape index (κ2) is 7.52. The van der Waals surface area contributed by atoms with Gasteiger partial charge in [0.05, 0.1) is 0 Å². The molecule has 6 heteroatoms. The molecule has 1 amide bonds. The lowest BCUT2D eigenvalue weighted by Crippen LogP contribution is -2.30. The number of carbonyl (C=O) groups excluding carboxylic acids is 1. The molecule has 0 radical (unpaired) electrons. The summed E-state index contributed by atoms with van der Waals surface area (Å²) in [6.45, 7) is 0. The molecule has 0 fully saturated rings. The summed E-state index contributed by atoms with van der Waals surface area (Å²) < 4.78 is 20.7. The molecule has 4 rings (SSSR count). The van der Waals surface area contributed by atoms with Crippen molar-refractivity contribution in [3.8, 4) is 11.3 Å². The quantitative estimate of drug-likeness (QED) is 0.565. The Bertz CT molecular complexity index is 1080. The number of aromatic nitrogens is 2. The molecule has 0 aliphatic carbocycles. The fraction of sp³-hybridized carbons (Fsp3) is 0.0909. The van der Waals surface area contributed by atoms with E-state index < -0.39 is 6.04 Å². The Labute approximate surface area is 161 Å². The maximum Gasteiger partial charge on any atom is 0.287 e. The zero-order chi connectivity index (χ0) is 19.5. The number of carbonyl (C=O) groups is 1. The smallest absolute Gasteiger partial charge is 0.287 e. The largest absolute Gasteiger partial charge is 0.451 e. The van der Waals surface area contributed by atoms with Crippen LogP contribution < -0.4 is 5.32 Å². The molecule has 2 heterocycles. The first kappa shape index (κ1) is 17.7. The molecule has 0 spiro atoms. The van der Waals surface area contributed by atoms with E-state index in [0.29, 0.717) is 17.1 Å². The molecule has 0 saturated carbocycles. The number of aryl methyl sites for hydroxylation is 1. The second-order valence-electron chi connectivity index (χ2n) is 6.38. The molecule has 2 aromatic heterocycles. The Kier molecular flexibility index (Phi) is 4.76. The second-order valence-corrected chi connectivity index (χ2v) is 6.38. The molecule has 1 unspecified atom stereocenters. The van der Waals surface area contributed by atoms with Crippen LogP contribution in [0.5, 0.6) is 0 Å². The van der Waals surface area contributed by atoms with Gasteiger partial charge in [-0.2, -0.15) is 0 Å². The van der Waals surface area contributed by atoms with Crippen LogP contribution in [-0.4, -0.2) is 15.5 Å². The Hall–Kier alpha value is -3.67. The number of hydrogen-bond donors (Lipinski definition) is 1. The normalized spacial score (nSPS) is 11.9. The topological polar surface area (TPSA) is 60.1 Å². The Balaban J connectivity index is 1.60. The number of hydrogen-bond acceptors (Lipinski definition) is 3. The van der Waals surface area contributed by atoms with E-state index in [1.165, 1.54) is 12.1 Å². The number of nitrogens with zero attached hydrogens (tertiary/aromatic N) is 2. The first-order chi connectivity index (χ1) is 13.6. The lowest BCUT2D eigenvalue weighted by atomic mass is 10.1. The number of furan rings is 1. The molecule has 28 heavy (non-hydrogen) atoms. The zero-order valence-corrected chi connectivity index (χ0v) is 15.2. The monoisotopic (exact) mass is 375 g/mol. The van der Waals surface area contributed by atoms with E-state index in [1.807, 2.05) is 48.1 Å². The SMILES string of the molecule is Cn1ccnc1C(NC(=O)c1ccc(-c2ccc(F)cc2)o1)c1ccccc1. The highest BCUT2D eigenvalue weighted by Gasteiger charge is 2.23. The number of amides is 1. The van der Waals surface area contributed by atoms with E-state index in [9.17, 15) is 9.18 Å². The average Bonchev–Trinajstić information content (AvgIpc) is 3.37. The van der Waals surface area contributed by atoms with Gasteiger partial charge >= 0.3 is 0 Å². The van der Waals surface area contributed by atoms with Gasteiger partial charge in [0.25, 0.3) is 5.91 Å². The van der Waals surface area contributed by atoms with Crippen molar-refractivity contribution in [3.05, 3.63) is 102 Å². The maximum absolute atomic E-state index is 13.1. The highest BCUT2D eigenvalue weighted by atomic mass is 19.1. The Morgan fingerprint density at radius 2 is 1.82 bits per heavy atom. The van der Waals surface area contributed by atoms with Crippen molar-refractivity contribution in [2.75, 3.05) is 0 Å².